The summed E-state index contributed by atoms with van der Waals surface area (Å²) in [6, 6.07) is 4.00. The molecule has 20 heavy (non-hydrogen) atoms. The molecule has 6 heteroatoms. The van der Waals surface area contributed by atoms with Crippen LogP contribution in [-0.2, 0) is 11.3 Å². The topological polar surface area (TPSA) is 57.7 Å². The van der Waals surface area contributed by atoms with E-state index in [4.69, 9.17) is 4.74 Å². The first-order valence-corrected chi connectivity index (χ1v) is 6.99. The van der Waals surface area contributed by atoms with Gasteiger partial charge in [-0.15, -0.1) is 0 Å². The molecule has 1 N–H and O–H groups in total. The van der Waals surface area contributed by atoms with Crippen molar-refractivity contribution < 1.29 is 9.53 Å². The summed E-state index contributed by atoms with van der Waals surface area (Å²) in [6.45, 7) is 6.20. The highest BCUT2D eigenvalue weighted by atomic mass is 16.6. The first-order valence-electron chi connectivity index (χ1n) is 6.99. The summed E-state index contributed by atoms with van der Waals surface area (Å²) < 4.78 is 5.01. The summed E-state index contributed by atoms with van der Waals surface area (Å²) in [6.07, 6.45) is 1.61. The summed E-state index contributed by atoms with van der Waals surface area (Å²) in [5.41, 5.74) is 2.11. The van der Waals surface area contributed by atoms with Gasteiger partial charge in [0.2, 0.25) is 0 Å². The Kier molecular flexibility index (Phi) is 5.17. The number of hydrogen-bond donors (Lipinski definition) is 1. The molecule has 0 radical (unpaired) electrons. The number of ether oxygens (including phenoxy) is 1. The lowest BCUT2D eigenvalue weighted by atomic mass is 10.2. The van der Waals surface area contributed by atoms with Crippen LogP contribution in [0, 0.1) is 0 Å². The van der Waals surface area contributed by atoms with Gasteiger partial charge < -0.3 is 15.0 Å². The second-order valence-corrected chi connectivity index (χ2v) is 4.75. The summed E-state index contributed by atoms with van der Waals surface area (Å²) in [5, 5.41) is 3.11. The first-order chi connectivity index (χ1) is 9.72. The number of nitrogens with zero attached hydrogens (tertiary/aromatic N) is 3. The molecule has 1 amide bonds. The molecule has 1 aromatic rings. The Hall–Kier alpha value is -1.82. The number of carbonyl (C=O) groups excluding carboxylic acids is 1. The number of aromatic nitrogens is 1. The monoisotopic (exact) mass is 278 g/mol. The van der Waals surface area contributed by atoms with Crippen molar-refractivity contribution in [2.75, 3.05) is 45.2 Å². The molecule has 6 nitrogen and oxygen atoms in total. The molecule has 1 aromatic heterocycles. The van der Waals surface area contributed by atoms with Gasteiger partial charge in [0.05, 0.1) is 12.3 Å². The van der Waals surface area contributed by atoms with Crippen molar-refractivity contribution in [2.45, 2.75) is 13.5 Å². The van der Waals surface area contributed by atoms with Crippen LogP contribution < -0.4 is 5.32 Å². The fourth-order valence-corrected chi connectivity index (χ4v) is 2.25. The standard InChI is InChI=1S/C14H22N4O2/c1-3-20-14(19)18-8-6-17(7-9-18)11-13-10-12(15-2)4-5-16-13/h4-5,10H,3,6-9,11H2,1-2H3,(H,15,16). The van der Waals surface area contributed by atoms with E-state index in [0.717, 1.165) is 31.0 Å². The lowest BCUT2D eigenvalue weighted by Gasteiger charge is -2.33. The SMILES string of the molecule is CCOC(=O)N1CCN(Cc2cc(NC)ccn2)CC1. The number of pyridine rings is 1. The van der Waals surface area contributed by atoms with E-state index in [0.29, 0.717) is 19.7 Å². The van der Waals surface area contributed by atoms with Gasteiger partial charge in [0.15, 0.2) is 0 Å². The maximum absolute atomic E-state index is 11.6. The van der Waals surface area contributed by atoms with Crippen LogP contribution in [0.15, 0.2) is 18.3 Å². The molecule has 0 aliphatic carbocycles. The second kappa shape index (κ2) is 7.09. The smallest absolute Gasteiger partial charge is 0.409 e. The van der Waals surface area contributed by atoms with Crippen LogP contribution >= 0.6 is 0 Å². The number of amides is 1. The molecule has 0 unspecified atom stereocenters. The van der Waals surface area contributed by atoms with Crippen LogP contribution in [0.25, 0.3) is 0 Å². The lowest BCUT2D eigenvalue weighted by Crippen LogP contribution is -2.48. The first kappa shape index (κ1) is 14.6. The average Bonchev–Trinajstić information content (AvgIpc) is 2.48. The summed E-state index contributed by atoms with van der Waals surface area (Å²) in [4.78, 5) is 20.1. The number of hydrogen-bond acceptors (Lipinski definition) is 5. The minimum atomic E-state index is -0.206. The van der Waals surface area contributed by atoms with Crippen LogP contribution in [0.2, 0.25) is 0 Å². The highest BCUT2D eigenvalue weighted by Crippen LogP contribution is 2.11. The summed E-state index contributed by atoms with van der Waals surface area (Å²) >= 11 is 0. The van der Waals surface area contributed by atoms with Gasteiger partial charge >= 0.3 is 6.09 Å². The third kappa shape index (κ3) is 3.84. The normalized spacial score (nSPS) is 16.0. The molecule has 0 bridgehead atoms. The number of piperazine rings is 1. The average molecular weight is 278 g/mol. The molecule has 1 saturated heterocycles. The van der Waals surface area contributed by atoms with Gasteiger partial charge in [-0.05, 0) is 19.1 Å². The van der Waals surface area contributed by atoms with Crippen LogP contribution in [-0.4, -0.2) is 60.7 Å². The Morgan fingerprint density at radius 2 is 2.15 bits per heavy atom. The summed E-state index contributed by atoms with van der Waals surface area (Å²) in [5.74, 6) is 0. The van der Waals surface area contributed by atoms with E-state index in [1.807, 2.05) is 26.2 Å². The Balaban J connectivity index is 1.83. The van der Waals surface area contributed by atoms with Crippen molar-refractivity contribution in [3.63, 3.8) is 0 Å². The van der Waals surface area contributed by atoms with E-state index < -0.39 is 0 Å². The lowest BCUT2D eigenvalue weighted by molar-refractivity contribution is 0.0775. The van der Waals surface area contributed by atoms with Gasteiger partial charge in [-0.1, -0.05) is 0 Å². The van der Waals surface area contributed by atoms with E-state index in [1.54, 1.807) is 4.90 Å². The fraction of sp³-hybridized carbons (Fsp3) is 0.571. The Morgan fingerprint density at radius 1 is 1.40 bits per heavy atom. The zero-order valence-electron chi connectivity index (χ0n) is 12.1. The minimum Gasteiger partial charge on any atom is -0.450 e. The van der Waals surface area contributed by atoms with Crippen LogP contribution in [0.1, 0.15) is 12.6 Å². The minimum absolute atomic E-state index is 0.206. The maximum atomic E-state index is 11.6. The highest BCUT2D eigenvalue weighted by molar-refractivity contribution is 5.67. The molecule has 110 valence electrons. The van der Waals surface area contributed by atoms with Crippen molar-refractivity contribution in [3.8, 4) is 0 Å². The van der Waals surface area contributed by atoms with E-state index in [1.165, 1.54) is 0 Å². The fourth-order valence-electron chi connectivity index (χ4n) is 2.25. The van der Waals surface area contributed by atoms with Crippen molar-refractivity contribution in [2.24, 2.45) is 0 Å². The van der Waals surface area contributed by atoms with Crippen molar-refractivity contribution in [1.82, 2.24) is 14.8 Å². The molecule has 0 saturated carbocycles. The second-order valence-electron chi connectivity index (χ2n) is 4.75. The molecule has 2 heterocycles. The van der Waals surface area contributed by atoms with Gasteiger partial charge in [-0.25, -0.2) is 4.79 Å². The number of carbonyl (C=O) groups is 1. The maximum Gasteiger partial charge on any atom is 0.409 e. The third-order valence-corrected chi connectivity index (χ3v) is 3.39. The van der Waals surface area contributed by atoms with Gasteiger partial charge in [-0.3, -0.25) is 9.88 Å². The summed E-state index contributed by atoms with van der Waals surface area (Å²) in [7, 11) is 1.90. The quantitative estimate of drug-likeness (QED) is 0.902. The predicted octanol–water partition coefficient (Wildman–Crippen LogP) is 1.40. The van der Waals surface area contributed by atoms with E-state index in [-0.39, 0.29) is 6.09 Å². The molecule has 0 aromatic carbocycles. The van der Waals surface area contributed by atoms with Gasteiger partial charge in [-0.2, -0.15) is 0 Å². The molecular weight excluding hydrogens is 256 g/mol. The zero-order valence-corrected chi connectivity index (χ0v) is 12.1. The molecule has 1 aliphatic heterocycles. The third-order valence-electron chi connectivity index (χ3n) is 3.39. The van der Waals surface area contributed by atoms with Crippen molar-refractivity contribution in [3.05, 3.63) is 24.0 Å². The molecule has 0 spiro atoms. The zero-order chi connectivity index (χ0) is 14.4. The number of anilines is 1. The van der Waals surface area contributed by atoms with Crippen LogP contribution in [0.3, 0.4) is 0 Å². The van der Waals surface area contributed by atoms with Crippen molar-refractivity contribution in [1.29, 1.82) is 0 Å². The van der Waals surface area contributed by atoms with Crippen LogP contribution in [0.5, 0.6) is 0 Å². The van der Waals surface area contributed by atoms with Gasteiger partial charge in [0, 0.05) is 51.7 Å². The molecule has 1 fully saturated rings. The Morgan fingerprint density at radius 3 is 2.80 bits per heavy atom. The van der Waals surface area contributed by atoms with Gasteiger partial charge in [0.25, 0.3) is 0 Å². The van der Waals surface area contributed by atoms with Crippen molar-refractivity contribution >= 4 is 11.8 Å². The number of rotatable bonds is 4. The molecule has 1 aliphatic rings. The van der Waals surface area contributed by atoms with E-state index >= 15 is 0 Å². The predicted molar refractivity (Wildman–Crippen MR) is 77.7 cm³/mol. The molecular formula is C14H22N4O2. The largest absolute Gasteiger partial charge is 0.450 e. The highest BCUT2D eigenvalue weighted by Gasteiger charge is 2.21. The van der Waals surface area contributed by atoms with Crippen LogP contribution in [0.4, 0.5) is 10.5 Å². The molecule has 2 rings (SSSR count). The number of nitrogens with one attached hydrogen (secondary N) is 1. The molecule has 0 atom stereocenters. The van der Waals surface area contributed by atoms with E-state index in [2.05, 4.69) is 21.3 Å². The Labute approximate surface area is 119 Å². The Bertz CT molecular complexity index is 445. The van der Waals surface area contributed by atoms with Gasteiger partial charge in [0.1, 0.15) is 0 Å². The van der Waals surface area contributed by atoms with E-state index in [9.17, 15) is 4.79 Å².